The minimum absolute atomic E-state index is 1.13. The zero-order valence-corrected chi connectivity index (χ0v) is 12.4. The average Bonchev–Trinajstić information content (AvgIpc) is 2.53. The van der Waals surface area contributed by atoms with Gasteiger partial charge in [0, 0.05) is 11.8 Å². The summed E-state index contributed by atoms with van der Waals surface area (Å²) in [5.41, 5.74) is 6.90. The van der Waals surface area contributed by atoms with Crippen molar-refractivity contribution in [3.63, 3.8) is 0 Å². The minimum atomic E-state index is 1.13. The van der Waals surface area contributed by atoms with Crippen molar-refractivity contribution in [3.8, 4) is 11.3 Å². The number of aryl methyl sites for hydroxylation is 3. The van der Waals surface area contributed by atoms with Crippen LogP contribution in [-0.4, -0.2) is 4.98 Å². The molecule has 0 atom stereocenters. The summed E-state index contributed by atoms with van der Waals surface area (Å²) in [5.74, 6) is 0. The van der Waals surface area contributed by atoms with Crippen molar-refractivity contribution in [2.45, 2.75) is 51.9 Å². The number of rotatable bonds is 4. The molecule has 2 aromatic rings. The molecule has 0 unspecified atom stereocenters. The molecule has 0 saturated carbocycles. The zero-order valence-electron chi connectivity index (χ0n) is 12.4. The second-order valence-corrected chi connectivity index (χ2v) is 5.84. The molecule has 0 fully saturated rings. The number of nitrogens with zero attached hydrogens (tertiary/aromatic N) is 1. The van der Waals surface area contributed by atoms with Crippen LogP contribution in [0.2, 0.25) is 0 Å². The van der Waals surface area contributed by atoms with E-state index in [9.17, 15) is 0 Å². The lowest BCUT2D eigenvalue weighted by Crippen LogP contribution is -2.02. The molecule has 0 radical (unpaired) electrons. The molecule has 104 valence electrons. The standard InChI is InChI=1S/C19H23N/c1-2-3-6-15-11-12-20-19(13-15)18-10-9-16-7-4-5-8-17(16)14-18/h9-14H,2-8H2,1H3. The molecule has 1 aromatic heterocycles. The third-order valence-corrected chi connectivity index (χ3v) is 4.29. The van der Waals surface area contributed by atoms with Crippen molar-refractivity contribution < 1.29 is 0 Å². The number of aromatic nitrogens is 1. The molecule has 20 heavy (non-hydrogen) atoms. The molecule has 0 saturated heterocycles. The molecule has 1 heteroatoms. The van der Waals surface area contributed by atoms with Gasteiger partial charge in [0.05, 0.1) is 5.69 Å². The van der Waals surface area contributed by atoms with Crippen LogP contribution in [0.3, 0.4) is 0 Å². The molecule has 1 aliphatic rings. The number of hydrogen-bond donors (Lipinski definition) is 0. The maximum Gasteiger partial charge on any atom is 0.0704 e. The zero-order chi connectivity index (χ0) is 13.8. The third-order valence-electron chi connectivity index (χ3n) is 4.29. The number of hydrogen-bond acceptors (Lipinski definition) is 1. The summed E-state index contributed by atoms with van der Waals surface area (Å²) in [5, 5.41) is 0. The van der Waals surface area contributed by atoms with Gasteiger partial charge in [0.2, 0.25) is 0 Å². The van der Waals surface area contributed by atoms with E-state index < -0.39 is 0 Å². The fraction of sp³-hybridized carbons (Fsp3) is 0.421. The van der Waals surface area contributed by atoms with E-state index in [4.69, 9.17) is 0 Å². The Morgan fingerprint density at radius 2 is 1.85 bits per heavy atom. The van der Waals surface area contributed by atoms with Gasteiger partial charge in [-0.15, -0.1) is 0 Å². The summed E-state index contributed by atoms with van der Waals surface area (Å²) in [6.45, 7) is 2.24. The molecule has 1 aliphatic carbocycles. The molecule has 3 rings (SSSR count). The summed E-state index contributed by atoms with van der Waals surface area (Å²) in [6.07, 6.45) is 10.8. The Kier molecular flexibility index (Phi) is 4.15. The van der Waals surface area contributed by atoms with Crippen molar-refractivity contribution >= 4 is 0 Å². The first-order valence-corrected chi connectivity index (χ1v) is 7.94. The number of unbranched alkanes of at least 4 members (excludes halogenated alkanes) is 1. The Morgan fingerprint density at radius 1 is 1.00 bits per heavy atom. The van der Waals surface area contributed by atoms with Gasteiger partial charge in [0.15, 0.2) is 0 Å². The van der Waals surface area contributed by atoms with Crippen molar-refractivity contribution in [2.24, 2.45) is 0 Å². The Balaban J connectivity index is 1.88. The summed E-state index contributed by atoms with van der Waals surface area (Å²) in [7, 11) is 0. The van der Waals surface area contributed by atoms with E-state index >= 15 is 0 Å². The molecule has 1 nitrogen and oxygen atoms in total. The fourth-order valence-corrected chi connectivity index (χ4v) is 3.06. The highest BCUT2D eigenvalue weighted by molar-refractivity contribution is 5.62. The first kappa shape index (κ1) is 13.4. The first-order valence-electron chi connectivity index (χ1n) is 7.94. The van der Waals surface area contributed by atoms with Crippen molar-refractivity contribution in [3.05, 3.63) is 53.2 Å². The lowest BCUT2D eigenvalue weighted by molar-refractivity contribution is 0.686. The van der Waals surface area contributed by atoms with Crippen molar-refractivity contribution in [1.82, 2.24) is 4.98 Å². The SMILES string of the molecule is CCCCc1ccnc(-c2ccc3c(c2)CCCC3)c1. The van der Waals surface area contributed by atoms with Gasteiger partial charge in [-0.1, -0.05) is 25.5 Å². The largest absolute Gasteiger partial charge is 0.256 e. The predicted octanol–water partition coefficient (Wildman–Crippen LogP) is 4.97. The summed E-state index contributed by atoms with van der Waals surface area (Å²) >= 11 is 0. The van der Waals surface area contributed by atoms with Crippen LogP contribution in [0.4, 0.5) is 0 Å². The summed E-state index contributed by atoms with van der Waals surface area (Å²) in [4.78, 5) is 4.57. The highest BCUT2D eigenvalue weighted by atomic mass is 14.7. The molecule has 0 bridgehead atoms. The third kappa shape index (κ3) is 2.92. The summed E-state index contributed by atoms with van der Waals surface area (Å²) in [6, 6.07) is 11.3. The topological polar surface area (TPSA) is 12.9 Å². The molecule has 0 N–H and O–H groups in total. The predicted molar refractivity (Wildman–Crippen MR) is 84.9 cm³/mol. The molecule has 1 heterocycles. The monoisotopic (exact) mass is 265 g/mol. The van der Waals surface area contributed by atoms with Crippen LogP contribution in [0.25, 0.3) is 11.3 Å². The van der Waals surface area contributed by atoms with Crippen molar-refractivity contribution in [2.75, 3.05) is 0 Å². The Bertz CT molecular complexity index is 586. The summed E-state index contributed by atoms with van der Waals surface area (Å²) < 4.78 is 0. The molecule has 0 aliphatic heterocycles. The van der Waals surface area contributed by atoms with Gasteiger partial charge in [-0.25, -0.2) is 0 Å². The Labute approximate surface area is 122 Å². The van der Waals surface area contributed by atoms with E-state index in [0.29, 0.717) is 0 Å². The van der Waals surface area contributed by atoms with Crippen LogP contribution in [0.5, 0.6) is 0 Å². The Hall–Kier alpha value is -1.63. The fourth-order valence-electron chi connectivity index (χ4n) is 3.06. The number of fused-ring (bicyclic) bond motifs is 1. The second kappa shape index (κ2) is 6.21. The molecular formula is C19H23N. The lowest BCUT2D eigenvalue weighted by atomic mass is 9.90. The second-order valence-electron chi connectivity index (χ2n) is 5.84. The van der Waals surface area contributed by atoms with E-state index in [1.807, 2.05) is 6.20 Å². The van der Waals surface area contributed by atoms with Gasteiger partial charge in [-0.2, -0.15) is 0 Å². The molecule has 0 amide bonds. The molecule has 1 aromatic carbocycles. The van der Waals surface area contributed by atoms with E-state index in [2.05, 4.69) is 42.2 Å². The van der Waals surface area contributed by atoms with Crippen LogP contribution in [0.15, 0.2) is 36.5 Å². The number of benzene rings is 1. The highest BCUT2D eigenvalue weighted by Gasteiger charge is 2.10. The maximum atomic E-state index is 4.57. The quantitative estimate of drug-likeness (QED) is 0.760. The van der Waals surface area contributed by atoms with Crippen molar-refractivity contribution in [1.29, 1.82) is 0 Å². The molecule has 0 spiro atoms. The van der Waals surface area contributed by atoms with Gasteiger partial charge < -0.3 is 0 Å². The van der Waals surface area contributed by atoms with E-state index in [1.165, 1.54) is 55.2 Å². The number of pyridine rings is 1. The normalized spacial score (nSPS) is 14.1. The lowest BCUT2D eigenvalue weighted by Gasteiger charge is -2.16. The van der Waals surface area contributed by atoms with Crippen LogP contribution in [0, 0.1) is 0 Å². The van der Waals surface area contributed by atoms with Crippen LogP contribution >= 0.6 is 0 Å². The van der Waals surface area contributed by atoms with Gasteiger partial charge >= 0.3 is 0 Å². The minimum Gasteiger partial charge on any atom is -0.256 e. The van der Waals surface area contributed by atoms with Crippen LogP contribution in [0.1, 0.15) is 49.3 Å². The average molecular weight is 265 g/mol. The van der Waals surface area contributed by atoms with E-state index in [0.717, 1.165) is 12.1 Å². The maximum absolute atomic E-state index is 4.57. The van der Waals surface area contributed by atoms with Gasteiger partial charge in [-0.3, -0.25) is 4.98 Å². The van der Waals surface area contributed by atoms with Gasteiger partial charge in [0.1, 0.15) is 0 Å². The smallest absolute Gasteiger partial charge is 0.0704 e. The van der Waals surface area contributed by atoms with E-state index in [1.54, 1.807) is 5.56 Å². The van der Waals surface area contributed by atoms with Crippen LogP contribution < -0.4 is 0 Å². The first-order chi connectivity index (χ1) is 9.86. The van der Waals surface area contributed by atoms with E-state index in [-0.39, 0.29) is 0 Å². The van der Waals surface area contributed by atoms with Gasteiger partial charge in [-0.05, 0) is 73.4 Å². The van der Waals surface area contributed by atoms with Gasteiger partial charge in [0.25, 0.3) is 0 Å². The Morgan fingerprint density at radius 3 is 2.70 bits per heavy atom. The van der Waals surface area contributed by atoms with Crippen LogP contribution in [-0.2, 0) is 19.3 Å². The highest BCUT2D eigenvalue weighted by Crippen LogP contribution is 2.27. The molecular weight excluding hydrogens is 242 g/mol.